The van der Waals surface area contributed by atoms with Gasteiger partial charge in [0, 0.05) is 0 Å². The molecule has 0 saturated carbocycles. The highest BCUT2D eigenvalue weighted by Crippen LogP contribution is 2.10. The van der Waals surface area contributed by atoms with Crippen LogP contribution in [0.1, 0.15) is 39.0 Å². The van der Waals surface area contributed by atoms with Gasteiger partial charge in [0.25, 0.3) is 0 Å². The molecule has 1 unspecified atom stereocenters. The normalized spacial score (nSPS) is 18.1. The molecule has 0 radical (unpaired) electrons. The summed E-state index contributed by atoms with van der Waals surface area (Å²) >= 11 is 0. The summed E-state index contributed by atoms with van der Waals surface area (Å²) in [6.07, 6.45) is -2.80. The topological polar surface area (TPSA) is 118 Å². The lowest BCUT2D eigenvalue weighted by Crippen LogP contribution is -2.47. The van der Waals surface area contributed by atoms with Crippen molar-refractivity contribution in [3.63, 3.8) is 0 Å². The summed E-state index contributed by atoms with van der Waals surface area (Å²) in [4.78, 5) is 11.5. The van der Waals surface area contributed by atoms with E-state index in [0.29, 0.717) is 6.42 Å². The Labute approximate surface area is 107 Å². The van der Waals surface area contributed by atoms with Crippen molar-refractivity contribution in [1.82, 2.24) is 0 Å². The molecule has 0 amide bonds. The van der Waals surface area contributed by atoms with Gasteiger partial charge in [0.1, 0.15) is 24.4 Å². The fourth-order valence-corrected chi connectivity index (χ4v) is 1.59. The number of hydrogen-bond donors (Lipinski definition) is 5. The zero-order valence-electron chi connectivity index (χ0n) is 10.7. The Morgan fingerprint density at radius 1 is 1.06 bits per heavy atom. The first-order chi connectivity index (χ1) is 8.45. The number of unbranched alkanes of at least 4 members (excludes halogenated alkanes) is 3. The zero-order valence-corrected chi connectivity index (χ0v) is 10.7. The number of Topliss-reactive ketones (excluding diaryl/α,β-unsaturated/α-hetero) is 1. The minimum atomic E-state index is -1.88. The Hall–Kier alpha value is -0.530. The maximum absolute atomic E-state index is 11.5. The lowest BCUT2D eigenvalue weighted by atomic mass is 9.98. The Morgan fingerprint density at radius 2 is 1.67 bits per heavy atom. The summed E-state index contributed by atoms with van der Waals surface area (Å²) in [5.74, 6) is -0.925. The summed E-state index contributed by atoms with van der Waals surface area (Å²) in [6, 6.07) is 0. The maximum Gasteiger partial charge on any atom is 0.192 e. The van der Waals surface area contributed by atoms with Crippen LogP contribution >= 0.6 is 0 Å². The van der Waals surface area contributed by atoms with Crippen LogP contribution in [-0.2, 0) is 4.79 Å². The zero-order chi connectivity index (χ0) is 14.1. The first kappa shape index (κ1) is 17.5. The minimum Gasteiger partial charge on any atom is -0.394 e. The summed E-state index contributed by atoms with van der Waals surface area (Å²) in [6.45, 7) is 1.27. The first-order valence-corrected chi connectivity index (χ1v) is 6.32. The van der Waals surface area contributed by atoms with Crippen molar-refractivity contribution in [2.75, 3.05) is 6.61 Å². The van der Waals surface area contributed by atoms with Gasteiger partial charge in [-0.2, -0.15) is 0 Å². The molecule has 0 heterocycles. The highest BCUT2D eigenvalue weighted by Gasteiger charge is 2.33. The van der Waals surface area contributed by atoms with E-state index in [1.807, 2.05) is 6.92 Å². The van der Waals surface area contributed by atoms with E-state index in [1.54, 1.807) is 0 Å². The second-order valence-corrected chi connectivity index (χ2v) is 4.45. The third-order valence-corrected chi connectivity index (χ3v) is 2.86. The molecule has 0 fully saturated rings. The second kappa shape index (κ2) is 9.41. The van der Waals surface area contributed by atoms with Crippen LogP contribution in [0.3, 0.4) is 0 Å². The molecular weight excluding hydrogens is 240 g/mol. The second-order valence-electron chi connectivity index (χ2n) is 4.45. The number of hydrogen-bond acceptors (Lipinski definition) is 6. The van der Waals surface area contributed by atoms with Crippen molar-refractivity contribution < 1.29 is 30.3 Å². The molecule has 0 aliphatic carbocycles. The molecule has 6 heteroatoms. The third-order valence-electron chi connectivity index (χ3n) is 2.86. The Balaban J connectivity index is 4.11. The molecule has 108 valence electrons. The molecule has 0 rings (SSSR count). The van der Waals surface area contributed by atoms with Crippen molar-refractivity contribution in [1.29, 1.82) is 0 Å². The molecule has 4 atom stereocenters. The van der Waals surface area contributed by atoms with Gasteiger partial charge in [0.15, 0.2) is 5.78 Å². The van der Waals surface area contributed by atoms with E-state index in [9.17, 15) is 20.1 Å². The average molecular weight is 264 g/mol. The smallest absolute Gasteiger partial charge is 0.192 e. The highest BCUT2D eigenvalue weighted by atomic mass is 16.4. The molecule has 0 aliphatic heterocycles. The van der Waals surface area contributed by atoms with E-state index in [0.717, 1.165) is 19.3 Å². The molecule has 0 aromatic rings. The van der Waals surface area contributed by atoms with Gasteiger partial charge in [-0.15, -0.1) is 0 Å². The molecule has 0 saturated heterocycles. The number of carbonyl (C=O) groups excluding carboxylic acids is 1. The van der Waals surface area contributed by atoms with E-state index >= 15 is 0 Å². The Bertz CT molecular complexity index is 233. The van der Waals surface area contributed by atoms with Gasteiger partial charge in [-0.05, 0) is 6.42 Å². The quantitative estimate of drug-likeness (QED) is 0.322. The third kappa shape index (κ3) is 5.88. The summed E-state index contributed by atoms with van der Waals surface area (Å²) in [7, 11) is 0. The van der Waals surface area contributed by atoms with E-state index in [1.165, 1.54) is 0 Å². The van der Waals surface area contributed by atoms with Crippen LogP contribution in [0.15, 0.2) is 0 Å². The predicted octanol–water partition coefficient (Wildman–Crippen LogP) is -1.04. The SMILES string of the molecule is CCCCCCC(O)C(=O)[C@@H](O)[C@H](O)[C@H](O)CO. The van der Waals surface area contributed by atoms with Crippen LogP contribution in [0.4, 0.5) is 0 Å². The van der Waals surface area contributed by atoms with E-state index < -0.39 is 36.8 Å². The van der Waals surface area contributed by atoms with E-state index in [4.69, 9.17) is 10.2 Å². The standard InChI is InChI=1S/C12H24O6/c1-2-3-4-5-6-8(14)10(16)12(18)11(17)9(15)7-13/h8-9,11-15,17-18H,2-7H2,1H3/t8?,9-,11-,12-/m1/s1. The molecule has 6 nitrogen and oxygen atoms in total. The van der Waals surface area contributed by atoms with Gasteiger partial charge in [-0.25, -0.2) is 0 Å². The largest absolute Gasteiger partial charge is 0.394 e. The molecule has 0 spiro atoms. The molecule has 5 N–H and O–H groups in total. The van der Waals surface area contributed by atoms with Crippen molar-refractivity contribution >= 4 is 5.78 Å². The van der Waals surface area contributed by atoms with Crippen molar-refractivity contribution in [3.05, 3.63) is 0 Å². The fourth-order valence-electron chi connectivity index (χ4n) is 1.59. The summed E-state index contributed by atoms with van der Waals surface area (Å²) < 4.78 is 0. The average Bonchev–Trinajstić information content (AvgIpc) is 2.39. The fraction of sp³-hybridized carbons (Fsp3) is 0.917. The van der Waals surface area contributed by atoms with Gasteiger partial charge in [-0.3, -0.25) is 4.79 Å². The summed E-state index contributed by atoms with van der Waals surface area (Å²) in [5.41, 5.74) is 0. The van der Waals surface area contributed by atoms with Gasteiger partial charge in [-0.1, -0.05) is 32.6 Å². The van der Waals surface area contributed by atoms with Crippen LogP contribution in [0.25, 0.3) is 0 Å². The first-order valence-electron chi connectivity index (χ1n) is 6.32. The van der Waals surface area contributed by atoms with E-state index in [-0.39, 0.29) is 6.42 Å². The number of rotatable bonds is 10. The van der Waals surface area contributed by atoms with Gasteiger partial charge >= 0.3 is 0 Å². The molecule has 0 aromatic heterocycles. The number of carbonyl (C=O) groups is 1. The Morgan fingerprint density at radius 3 is 2.17 bits per heavy atom. The molecule has 0 aromatic carbocycles. The lowest BCUT2D eigenvalue weighted by molar-refractivity contribution is -0.148. The Kier molecular flexibility index (Phi) is 9.13. The van der Waals surface area contributed by atoms with Crippen molar-refractivity contribution in [2.24, 2.45) is 0 Å². The minimum absolute atomic E-state index is 0.220. The molecule has 0 aliphatic rings. The molecule has 0 bridgehead atoms. The monoisotopic (exact) mass is 264 g/mol. The number of aliphatic hydroxyl groups excluding tert-OH is 5. The van der Waals surface area contributed by atoms with Gasteiger partial charge in [0.05, 0.1) is 6.61 Å². The van der Waals surface area contributed by atoms with Gasteiger partial charge in [0.2, 0.25) is 0 Å². The number of aliphatic hydroxyl groups is 5. The van der Waals surface area contributed by atoms with Crippen molar-refractivity contribution in [3.8, 4) is 0 Å². The molecular formula is C12H24O6. The lowest BCUT2D eigenvalue weighted by Gasteiger charge is -2.22. The summed E-state index contributed by atoms with van der Waals surface area (Å²) in [5, 5.41) is 45.9. The van der Waals surface area contributed by atoms with Crippen molar-refractivity contribution in [2.45, 2.75) is 63.4 Å². The van der Waals surface area contributed by atoms with Crippen LogP contribution in [0.2, 0.25) is 0 Å². The van der Waals surface area contributed by atoms with E-state index in [2.05, 4.69) is 0 Å². The van der Waals surface area contributed by atoms with Crippen LogP contribution < -0.4 is 0 Å². The van der Waals surface area contributed by atoms with Crippen LogP contribution in [0, 0.1) is 0 Å². The number of ketones is 1. The highest BCUT2D eigenvalue weighted by molar-refractivity contribution is 5.87. The van der Waals surface area contributed by atoms with Crippen LogP contribution in [0.5, 0.6) is 0 Å². The van der Waals surface area contributed by atoms with Crippen LogP contribution in [-0.4, -0.2) is 62.3 Å². The van der Waals surface area contributed by atoms with Gasteiger partial charge < -0.3 is 25.5 Å². The molecule has 18 heavy (non-hydrogen) atoms. The maximum atomic E-state index is 11.5. The predicted molar refractivity (Wildman–Crippen MR) is 64.9 cm³/mol.